The zero-order valence-electron chi connectivity index (χ0n) is 12.0. The number of hydrogen-bond acceptors (Lipinski definition) is 5. The van der Waals surface area contributed by atoms with Gasteiger partial charge in [-0.3, -0.25) is 4.79 Å². The smallest absolute Gasteiger partial charge is 0.320 e. The maximum atomic E-state index is 10.6. The van der Waals surface area contributed by atoms with Crippen LogP contribution >= 0.6 is 31.9 Å². The van der Waals surface area contributed by atoms with Crippen LogP contribution in [0.3, 0.4) is 0 Å². The van der Waals surface area contributed by atoms with Gasteiger partial charge in [-0.05, 0) is 20.8 Å². The maximum absolute atomic E-state index is 10.6. The van der Waals surface area contributed by atoms with Gasteiger partial charge < -0.3 is 14.2 Å². The summed E-state index contributed by atoms with van der Waals surface area (Å²) in [5.41, 5.74) is -0.478. The van der Waals surface area contributed by atoms with Gasteiger partial charge in [0.1, 0.15) is 12.0 Å². The molecule has 0 aliphatic heterocycles. The number of esters is 1. The molecule has 7 heteroatoms. The average molecular weight is 403 g/mol. The molecule has 0 radical (unpaired) electrons. The SMILES string of the molecule is CC(C)(C)OC(=O)CC#N.COC(CBr)(CBr)OC. The third-order valence-electron chi connectivity index (χ3n) is 1.79. The van der Waals surface area contributed by atoms with Gasteiger partial charge in [-0.2, -0.15) is 5.26 Å². The Labute approximate surface area is 131 Å². The molecule has 5 nitrogen and oxygen atoms in total. The van der Waals surface area contributed by atoms with Crippen LogP contribution in [0.15, 0.2) is 0 Å². The monoisotopic (exact) mass is 401 g/mol. The molecule has 0 fully saturated rings. The summed E-state index contributed by atoms with van der Waals surface area (Å²) in [7, 11) is 3.23. The van der Waals surface area contributed by atoms with Crippen LogP contribution in [-0.4, -0.2) is 42.2 Å². The number of methoxy groups -OCH3 is 2. The molecule has 0 aromatic carbocycles. The van der Waals surface area contributed by atoms with E-state index < -0.39 is 17.4 Å². The highest BCUT2D eigenvalue weighted by Crippen LogP contribution is 2.16. The molecule has 0 N–H and O–H groups in total. The highest BCUT2D eigenvalue weighted by Gasteiger charge is 2.25. The van der Waals surface area contributed by atoms with Crippen molar-refractivity contribution in [3.8, 4) is 6.07 Å². The van der Waals surface area contributed by atoms with Gasteiger partial charge in [0.05, 0.1) is 16.7 Å². The van der Waals surface area contributed by atoms with E-state index in [-0.39, 0.29) is 6.42 Å². The predicted octanol–water partition coefficient (Wildman–Crippen LogP) is 3.01. The van der Waals surface area contributed by atoms with Gasteiger partial charge >= 0.3 is 5.97 Å². The Morgan fingerprint density at radius 3 is 1.74 bits per heavy atom. The van der Waals surface area contributed by atoms with Crippen molar-refractivity contribution in [3.05, 3.63) is 0 Å². The summed E-state index contributed by atoms with van der Waals surface area (Å²) in [5.74, 6) is -0.963. The fourth-order valence-electron chi connectivity index (χ4n) is 0.779. The molecule has 0 atom stereocenters. The number of nitriles is 1. The molecule has 19 heavy (non-hydrogen) atoms. The van der Waals surface area contributed by atoms with Crippen molar-refractivity contribution >= 4 is 37.8 Å². The standard InChI is InChI=1S/C7H11NO2.C5H10Br2O2/c1-7(2,3)10-6(9)4-5-8;1-8-5(3-6,4-7)9-2/h4H2,1-3H3;3-4H2,1-2H3. The zero-order valence-corrected chi connectivity index (χ0v) is 15.1. The second-order valence-electron chi connectivity index (χ2n) is 4.51. The summed E-state index contributed by atoms with van der Waals surface area (Å²) >= 11 is 6.55. The minimum Gasteiger partial charge on any atom is -0.459 e. The second-order valence-corrected chi connectivity index (χ2v) is 5.63. The fourth-order valence-corrected chi connectivity index (χ4v) is 2.62. The maximum Gasteiger partial charge on any atom is 0.320 e. The topological polar surface area (TPSA) is 68.6 Å². The third-order valence-corrected chi connectivity index (χ3v) is 3.50. The normalized spacial score (nSPS) is 11.1. The summed E-state index contributed by atoms with van der Waals surface area (Å²) in [6.07, 6.45) is -0.169. The van der Waals surface area contributed by atoms with Crippen molar-refractivity contribution in [1.82, 2.24) is 0 Å². The molecular weight excluding hydrogens is 382 g/mol. The summed E-state index contributed by atoms with van der Waals surface area (Å²) in [6, 6.07) is 1.72. The summed E-state index contributed by atoms with van der Waals surface area (Å²) < 4.78 is 15.0. The molecule has 0 amide bonds. The number of nitrogens with zero attached hydrogens (tertiary/aromatic N) is 1. The van der Waals surface area contributed by atoms with E-state index in [1.54, 1.807) is 41.1 Å². The molecule has 0 heterocycles. The lowest BCUT2D eigenvalue weighted by Gasteiger charge is -2.25. The molecule has 0 rings (SSSR count). The largest absolute Gasteiger partial charge is 0.459 e. The minimum absolute atomic E-state index is 0.169. The number of carbonyl (C=O) groups excluding carboxylic acids is 1. The summed E-state index contributed by atoms with van der Waals surface area (Å²) in [6.45, 7) is 5.30. The van der Waals surface area contributed by atoms with Crippen LogP contribution in [0.1, 0.15) is 27.2 Å². The fraction of sp³-hybridized carbons (Fsp3) is 0.833. The lowest BCUT2D eigenvalue weighted by Crippen LogP contribution is -2.37. The van der Waals surface area contributed by atoms with Crippen LogP contribution in [0, 0.1) is 11.3 Å². The first-order chi connectivity index (χ1) is 8.70. The van der Waals surface area contributed by atoms with Crippen LogP contribution < -0.4 is 0 Å². The Morgan fingerprint density at radius 1 is 1.16 bits per heavy atom. The molecule has 0 aliphatic rings. The number of hydrogen-bond donors (Lipinski definition) is 0. The molecule has 0 unspecified atom stereocenters. The minimum atomic E-state index is -0.500. The molecule has 112 valence electrons. The van der Waals surface area contributed by atoms with E-state index in [1.165, 1.54) is 0 Å². The molecule has 0 aromatic rings. The third kappa shape index (κ3) is 11.4. The van der Waals surface area contributed by atoms with Gasteiger partial charge in [-0.25, -0.2) is 0 Å². The Morgan fingerprint density at radius 2 is 1.58 bits per heavy atom. The van der Waals surface area contributed by atoms with E-state index in [1.807, 2.05) is 0 Å². The molecule has 0 saturated heterocycles. The van der Waals surface area contributed by atoms with E-state index in [9.17, 15) is 4.79 Å². The number of halogens is 2. The lowest BCUT2D eigenvalue weighted by atomic mass is 10.2. The molecule has 0 saturated carbocycles. The lowest BCUT2D eigenvalue weighted by molar-refractivity contribution is -0.169. The van der Waals surface area contributed by atoms with Gasteiger partial charge in [0.2, 0.25) is 0 Å². The van der Waals surface area contributed by atoms with E-state index in [2.05, 4.69) is 31.9 Å². The first-order valence-electron chi connectivity index (χ1n) is 5.51. The second kappa shape index (κ2) is 10.6. The Hall–Kier alpha value is -0.160. The molecule has 0 bridgehead atoms. The molecule has 0 aromatic heterocycles. The van der Waals surface area contributed by atoms with Crippen LogP contribution in [0.4, 0.5) is 0 Å². The summed E-state index contributed by atoms with van der Waals surface area (Å²) in [4.78, 5) is 10.6. The Balaban J connectivity index is 0. The molecule has 0 aliphatic carbocycles. The van der Waals surface area contributed by atoms with E-state index >= 15 is 0 Å². The Bertz CT molecular complexity index is 276. The molecule has 0 spiro atoms. The van der Waals surface area contributed by atoms with Crippen molar-refractivity contribution in [3.63, 3.8) is 0 Å². The van der Waals surface area contributed by atoms with E-state index in [4.69, 9.17) is 19.5 Å². The highest BCUT2D eigenvalue weighted by molar-refractivity contribution is 9.09. The van der Waals surface area contributed by atoms with Crippen LogP contribution in [0.25, 0.3) is 0 Å². The van der Waals surface area contributed by atoms with Crippen LogP contribution in [-0.2, 0) is 19.0 Å². The first-order valence-corrected chi connectivity index (χ1v) is 7.75. The van der Waals surface area contributed by atoms with Crippen molar-refractivity contribution in [2.45, 2.75) is 38.6 Å². The van der Waals surface area contributed by atoms with Crippen molar-refractivity contribution in [1.29, 1.82) is 5.26 Å². The van der Waals surface area contributed by atoms with Gasteiger partial charge in [0, 0.05) is 14.2 Å². The quantitative estimate of drug-likeness (QED) is 0.401. The number of ether oxygens (including phenoxy) is 3. The number of carbonyl (C=O) groups is 1. The Kier molecular flexibility index (Phi) is 11.8. The van der Waals surface area contributed by atoms with Crippen molar-refractivity contribution < 1.29 is 19.0 Å². The number of alkyl halides is 2. The molecular formula is C12H21Br2NO4. The first kappa shape index (κ1) is 21.1. The number of rotatable bonds is 5. The predicted molar refractivity (Wildman–Crippen MR) is 80.4 cm³/mol. The van der Waals surface area contributed by atoms with Gasteiger partial charge in [-0.1, -0.05) is 31.9 Å². The van der Waals surface area contributed by atoms with E-state index in [0.717, 1.165) is 0 Å². The van der Waals surface area contributed by atoms with E-state index in [0.29, 0.717) is 10.7 Å². The van der Waals surface area contributed by atoms with Crippen LogP contribution in [0.2, 0.25) is 0 Å². The van der Waals surface area contributed by atoms with Crippen LogP contribution in [0.5, 0.6) is 0 Å². The van der Waals surface area contributed by atoms with Gasteiger partial charge in [0.25, 0.3) is 0 Å². The zero-order chi connectivity index (χ0) is 15.5. The van der Waals surface area contributed by atoms with Gasteiger partial charge in [-0.15, -0.1) is 0 Å². The summed E-state index contributed by atoms with van der Waals surface area (Å²) in [5, 5.41) is 9.41. The van der Waals surface area contributed by atoms with Gasteiger partial charge in [0.15, 0.2) is 5.79 Å². The van der Waals surface area contributed by atoms with Crippen molar-refractivity contribution in [2.24, 2.45) is 0 Å². The average Bonchev–Trinajstić information content (AvgIpc) is 2.31. The highest BCUT2D eigenvalue weighted by atomic mass is 79.9. The van der Waals surface area contributed by atoms with Crippen molar-refractivity contribution in [2.75, 3.05) is 24.9 Å².